The van der Waals surface area contributed by atoms with Crippen LogP contribution >= 0.6 is 0 Å². The summed E-state index contributed by atoms with van der Waals surface area (Å²) in [5, 5.41) is 10.3. The molecule has 1 saturated heterocycles. The van der Waals surface area contributed by atoms with E-state index < -0.39 is 12.0 Å². The summed E-state index contributed by atoms with van der Waals surface area (Å²) in [5.41, 5.74) is 2.37. The van der Waals surface area contributed by atoms with Crippen molar-refractivity contribution in [3.63, 3.8) is 0 Å². The maximum Gasteiger partial charge on any atom is 0.311 e. The molecule has 6 heteroatoms. The summed E-state index contributed by atoms with van der Waals surface area (Å²) in [6.07, 6.45) is 0.771. The summed E-state index contributed by atoms with van der Waals surface area (Å²) < 4.78 is 16.0. The number of methoxy groups -OCH3 is 2. The predicted molar refractivity (Wildman–Crippen MR) is 88.3 cm³/mol. The van der Waals surface area contributed by atoms with E-state index in [1.54, 1.807) is 21.1 Å². The van der Waals surface area contributed by atoms with Crippen LogP contribution in [-0.4, -0.2) is 56.0 Å². The predicted octanol–water partition coefficient (Wildman–Crippen LogP) is 1.55. The van der Waals surface area contributed by atoms with Crippen molar-refractivity contribution >= 4 is 5.97 Å². The molecule has 6 nitrogen and oxygen atoms in total. The Morgan fingerprint density at radius 2 is 2.00 bits per heavy atom. The Balaban J connectivity index is 1.92. The quantitative estimate of drug-likeness (QED) is 0.842. The summed E-state index contributed by atoms with van der Waals surface area (Å²) in [5.74, 6) is 0.627. The van der Waals surface area contributed by atoms with Gasteiger partial charge in [0.15, 0.2) is 11.5 Å². The molecule has 2 aliphatic rings. The standard InChI is InChI=1S/C18H25NO5/c1-4-24-18(21)13-8-14-12-9-17(23-3)16(22-2)7-11(12)5-6-19(14)10-15(13)20/h7,9,13-15,20H,4-6,8,10H2,1-3H3/t13-,14-,15+/m0/s1. The molecule has 0 aromatic heterocycles. The lowest BCUT2D eigenvalue weighted by molar-refractivity contribution is -0.157. The van der Waals surface area contributed by atoms with Gasteiger partial charge in [-0.3, -0.25) is 9.69 Å². The monoisotopic (exact) mass is 335 g/mol. The van der Waals surface area contributed by atoms with Gasteiger partial charge < -0.3 is 19.3 Å². The van der Waals surface area contributed by atoms with E-state index in [9.17, 15) is 9.90 Å². The van der Waals surface area contributed by atoms with Crippen LogP contribution in [0.5, 0.6) is 11.5 Å². The van der Waals surface area contributed by atoms with Gasteiger partial charge in [0.1, 0.15) is 0 Å². The van der Waals surface area contributed by atoms with Crippen molar-refractivity contribution in [2.45, 2.75) is 31.9 Å². The van der Waals surface area contributed by atoms with Gasteiger partial charge in [-0.25, -0.2) is 0 Å². The van der Waals surface area contributed by atoms with Crippen molar-refractivity contribution in [3.8, 4) is 11.5 Å². The topological polar surface area (TPSA) is 68.2 Å². The van der Waals surface area contributed by atoms with Gasteiger partial charge >= 0.3 is 5.97 Å². The van der Waals surface area contributed by atoms with E-state index >= 15 is 0 Å². The third kappa shape index (κ3) is 2.96. The van der Waals surface area contributed by atoms with Crippen molar-refractivity contribution < 1.29 is 24.1 Å². The number of carbonyl (C=O) groups excluding carboxylic acids is 1. The average molecular weight is 335 g/mol. The van der Waals surface area contributed by atoms with Crippen molar-refractivity contribution in [2.75, 3.05) is 33.9 Å². The Labute approximate surface area is 142 Å². The number of fused-ring (bicyclic) bond motifs is 3. The van der Waals surface area contributed by atoms with Gasteiger partial charge in [-0.2, -0.15) is 0 Å². The van der Waals surface area contributed by atoms with Crippen LogP contribution in [0.3, 0.4) is 0 Å². The Morgan fingerprint density at radius 3 is 2.67 bits per heavy atom. The molecule has 0 aliphatic carbocycles. The summed E-state index contributed by atoms with van der Waals surface area (Å²) >= 11 is 0. The molecule has 2 aliphatic heterocycles. The minimum Gasteiger partial charge on any atom is -0.493 e. The molecule has 24 heavy (non-hydrogen) atoms. The summed E-state index contributed by atoms with van der Waals surface area (Å²) in [6, 6.07) is 4.12. The smallest absolute Gasteiger partial charge is 0.311 e. The van der Waals surface area contributed by atoms with Crippen LogP contribution in [0.4, 0.5) is 0 Å². The second kappa shape index (κ2) is 6.99. The molecule has 2 heterocycles. The fourth-order valence-electron chi connectivity index (χ4n) is 3.84. The van der Waals surface area contributed by atoms with Gasteiger partial charge in [0, 0.05) is 19.1 Å². The number of piperidine rings is 1. The zero-order valence-electron chi connectivity index (χ0n) is 14.4. The molecular weight excluding hydrogens is 310 g/mol. The minimum absolute atomic E-state index is 0.0892. The van der Waals surface area contributed by atoms with Gasteiger partial charge in [-0.05, 0) is 43.0 Å². The average Bonchev–Trinajstić information content (AvgIpc) is 2.59. The number of ether oxygens (including phenoxy) is 3. The largest absolute Gasteiger partial charge is 0.493 e. The fourth-order valence-corrected chi connectivity index (χ4v) is 3.84. The number of hydrogen-bond acceptors (Lipinski definition) is 6. The van der Waals surface area contributed by atoms with E-state index in [1.165, 1.54) is 5.56 Å². The molecule has 0 radical (unpaired) electrons. The van der Waals surface area contributed by atoms with Crippen LogP contribution in [0.2, 0.25) is 0 Å². The van der Waals surface area contributed by atoms with Gasteiger partial charge in [-0.15, -0.1) is 0 Å². The number of hydrogen-bond donors (Lipinski definition) is 1. The Bertz CT molecular complexity index is 618. The molecule has 1 fully saturated rings. The number of aliphatic hydroxyl groups is 1. The first-order chi connectivity index (χ1) is 11.6. The Kier molecular flexibility index (Phi) is 4.96. The Hall–Kier alpha value is -1.79. The van der Waals surface area contributed by atoms with Crippen molar-refractivity contribution in [3.05, 3.63) is 23.3 Å². The molecule has 1 aromatic carbocycles. The number of benzene rings is 1. The molecule has 0 spiro atoms. The van der Waals surface area contributed by atoms with Crippen molar-refractivity contribution in [1.82, 2.24) is 4.90 Å². The first kappa shape index (κ1) is 17.0. The lowest BCUT2D eigenvalue weighted by Gasteiger charge is -2.45. The van der Waals surface area contributed by atoms with E-state index in [0.717, 1.165) is 24.3 Å². The lowest BCUT2D eigenvalue weighted by Crippen LogP contribution is -2.50. The fraction of sp³-hybridized carbons (Fsp3) is 0.611. The van der Waals surface area contributed by atoms with E-state index in [0.29, 0.717) is 25.3 Å². The number of nitrogens with zero attached hydrogens (tertiary/aromatic N) is 1. The summed E-state index contributed by atoms with van der Waals surface area (Å²) in [7, 11) is 3.25. The third-order valence-electron chi connectivity index (χ3n) is 5.07. The maximum atomic E-state index is 12.2. The zero-order chi connectivity index (χ0) is 17.3. The van der Waals surface area contributed by atoms with Gasteiger partial charge in [-0.1, -0.05) is 0 Å². The molecule has 132 valence electrons. The molecule has 1 aromatic rings. The molecular formula is C18H25NO5. The first-order valence-electron chi connectivity index (χ1n) is 8.42. The highest BCUT2D eigenvalue weighted by molar-refractivity contribution is 5.73. The van der Waals surface area contributed by atoms with Gasteiger partial charge in [0.05, 0.1) is 32.8 Å². The van der Waals surface area contributed by atoms with Crippen LogP contribution < -0.4 is 9.47 Å². The van der Waals surface area contributed by atoms with Crippen LogP contribution in [0, 0.1) is 5.92 Å². The number of esters is 1. The second-order valence-corrected chi connectivity index (χ2v) is 6.33. The highest BCUT2D eigenvalue weighted by Crippen LogP contribution is 2.43. The molecule has 1 N–H and O–H groups in total. The van der Waals surface area contributed by atoms with Crippen LogP contribution in [-0.2, 0) is 16.0 Å². The molecule has 0 unspecified atom stereocenters. The second-order valence-electron chi connectivity index (χ2n) is 6.33. The van der Waals surface area contributed by atoms with E-state index in [2.05, 4.69) is 4.90 Å². The summed E-state index contributed by atoms with van der Waals surface area (Å²) in [4.78, 5) is 14.4. The number of carbonyl (C=O) groups is 1. The molecule has 0 bridgehead atoms. The highest BCUT2D eigenvalue weighted by atomic mass is 16.5. The Morgan fingerprint density at radius 1 is 1.29 bits per heavy atom. The molecule has 0 amide bonds. The highest BCUT2D eigenvalue weighted by Gasteiger charge is 2.42. The zero-order valence-corrected chi connectivity index (χ0v) is 14.4. The molecule has 0 saturated carbocycles. The summed E-state index contributed by atoms with van der Waals surface area (Å²) in [6.45, 7) is 3.46. The normalized spacial score (nSPS) is 26.2. The van der Waals surface area contributed by atoms with Crippen molar-refractivity contribution in [1.29, 1.82) is 0 Å². The van der Waals surface area contributed by atoms with Gasteiger partial charge in [0.2, 0.25) is 0 Å². The molecule has 3 atom stereocenters. The van der Waals surface area contributed by atoms with Gasteiger partial charge in [0.25, 0.3) is 0 Å². The number of rotatable bonds is 4. The van der Waals surface area contributed by atoms with Crippen LogP contribution in [0.15, 0.2) is 12.1 Å². The van der Waals surface area contributed by atoms with Crippen molar-refractivity contribution in [2.24, 2.45) is 5.92 Å². The van der Waals surface area contributed by atoms with E-state index in [-0.39, 0.29) is 12.0 Å². The minimum atomic E-state index is -0.679. The van der Waals surface area contributed by atoms with E-state index in [1.807, 2.05) is 12.1 Å². The number of aliphatic hydroxyl groups excluding tert-OH is 1. The third-order valence-corrected chi connectivity index (χ3v) is 5.07. The van der Waals surface area contributed by atoms with E-state index in [4.69, 9.17) is 14.2 Å². The molecule has 3 rings (SSSR count). The van der Waals surface area contributed by atoms with Crippen LogP contribution in [0.1, 0.15) is 30.5 Å². The first-order valence-corrected chi connectivity index (χ1v) is 8.42. The maximum absolute atomic E-state index is 12.2. The lowest BCUT2D eigenvalue weighted by atomic mass is 9.80. The van der Waals surface area contributed by atoms with Crippen LogP contribution in [0.25, 0.3) is 0 Å². The SMILES string of the molecule is CCOC(=O)[C@H]1C[C@H]2c3cc(OC)c(OC)cc3CCN2C[C@H]1O.